The quantitative estimate of drug-likeness (QED) is 0.435. The molecule has 0 amide bonds. The first kappa shape index (κ1) is 6.62. The van der Waals surface area contributed by atoms with E-state index in [-0.39, 0.29) is 11.8 Å². The molecule has 0 bridgehead atoms. The number of halogens is 1. The van der Waals surface area contributed by atoms with Crippen molar-refractivity contribution in [1.29, 1.82) is 0 Å². The Balaban J connectivity index is 2.24. The van der Waals surface area contributed by atoms with Crippen LogP contribution in [0.4, 0.5) is 0 Å². The molecule has 0 aromatic carbocycles. The molecule has 0 N–H and O–H groups in total. The van der Waals surface area contributed by atoms with Crippen LogP contribution < -0.4 is 0 Å². The van der Waals surface area contributed by atoms with Gasteiger partial charge in [0.05, 0.1) is 0 Å². The summed E-state index contributed by atoms with van der Waals surface area (Å²) in [6.45, 7) is 0. The SMILES string of the molecule is O=C(CCl)OC1=CCC1. The summed E-state index contributed by atoms with van der Waals surface area (Å²) in [6, 6.07) is 0. The van der Waals surface area contributed by atoms with Crippen LogP contribution >= 0.6 is 11.6 Å². The van der Waals surface area contributed by atoms with E-state index in [2.05, 4.69) is 0 Å². The standard InChI is InChI=1S/C6H7ClO2/c7-4-6(8)9-5-2-1-3-5/h2H,1,3-4H2. The van der Waals surface area contributed by atoms with Gasteiger partial charge in [0.25, 0.3) is 0 Å². The molecule has 0 saturated carbocycles. The summed E-state index contributed by atoms with van der Waals surface area (Å²) >= 11 is 5.18. The Hall–Kier alpha value is -0.500. The normalized spacial score (nSPS) is 15.9. The van der Waals surface area contributed by atoms with Crippen LogP contribution in [0.5, 0.6) is 0 Å². The van der Waals surface area contributed by atoms with Gasteiger partial charge in [0.2, 0.25) is 0 Å². The lowest BCUT2D eigenvalue weighted by Gasteiger charge is -2.12. The highest BCUT2D eigenvalue weighted by Gasteiger charge is 2.10. The molecule has 0 spiro atoms. The van der Waals surface area contributed by atoms with E-state index in [1.165, 1.54) is 0 Å². The van der Waals surface area contributed by atoms with Crippen LogP contribution in [0.25, 0.3) is 0 Å². The number of rotatable bonds is 2. The Morgan fingerprint density at radius 2 is 2.56 bits per heavy atom. The van der Waals surface area contributed by atoms with Gasteiger partial charge in [0, 0.05) is 6.42 Å². The zero-order valence-corrected chi connectivity index (χ0v) is 5.65. The number of hydrogen-bond donors (Lipinski definition) is 0. The lowest BCUT2D eigenvalue weighted by Crippen LogP contribution is -2.08. The molecule has 1 aliphatic carbocycles. The van der Waals surface area contributed by atoms with Crippen LogP contribution in [-0.4, -0.2) is 11.8 Å². The van der Waals surface area contributed by atoms with Crippen molar-refractivity contribution in [2.45, 2.75) is 12.8 Å². The number of carbonyl (C=O) groups is 1. The van der Waals surface area contributed by atoms with E-state index in [1.54, 1.807) is 0 Å². The highest BCUT2D eigenvalue weighted by Crippen LogP contribution is 2.18. The molecule has 0 heterocycles. The van der Waals surface area contributed by atoms with E-state index in [0.717, 1.165) is 18.6 Å². The minimum Gasteiger partial charge on any atom is -0.431 e. The second-order valence-electron chi connectivity index (χ2n) is 1.82. The lowest BCUT2D eigenvalue weighted by molar-refractivity contribution is -0.137. The molecule has 0 unspecified atom stereocenters. The van der Waals surface area contributed by atoms with Crippen LogP contribution in [0, 0.1) is 0 Å². The third-order valence-electron chi connectivity index (χ3n) is 1.12. The van der Waals surface area contributed by atoms with Crippen LogP contribution in [0.1, 0.15) is 12.8 Å². The third kappa shape index (κ3) is 1.72. The highest BCUT2D eigenvalue weighted by atomic mass is 35.5. The van der Waals surface area contributed by atoms with Crippen molar-refractivity contribution in [3.05, 3.63) is 11.8 Å². The number of alkyl halides is 1. The Bertz CT molecular complexity index is 151. The molecule has 0 fully saturated rings. The van der Waals surface area contributed by atoms with Gasteiger partial charge >= 0.3 is 5.97 Å². The van der Waals surface area contributed by atoms with E-state index in [9.17, 15) is 4.79 Å². The topological polar surface area (TPSA) is 26.3 Å². The second-order valence-corrected chi connectivity index (χ2v) is 2.08. The Morgan fingerprint density at radius 3 is 2.89 bits per heavy atom. The van der Waals surface area contributed by atoms with Crippen LogP contribution in [0.3, 0.4) is 0 Å². The molecular weight excluding hydrogens is 140 g/mol. The predicted molar refractivity (Wildman–Crippen MR) is 34.1 cm³/mol. The van der Waals surface area contributed by atoms with Gasteiger partial charge in [-0.25, -0.2) is 0 Å². The summed E-state index contributed by atoms with van der Waals surface area (Å²) in [5.74, 6) is 0.348. The fourth-order valence-electron chi connectivity index (χ4n) is 0.528. The smallest absolute Gasteiger partial charge is 0.325 e. The molecule has 3 heteroatoms. The zero-order chi connectivity index (χ0) is 6.69. The van der Waals surface area contributed by atoms with E-state index in [1.807, 2.05) is 6.08 Å². The molecule has 0 saturated heterocycles. The first-order valence-corrected chi connectivity index (χ1v) is 3.32. The van der Waals surface area contributed by atoms with Crippen molar-refractivity contribution in [3.63, 3.8) is 0 Å². The molecule has 0 atom stereocenters. The molecule has 9 heavy (non-hydrogen) atoms. The van der Waals surface area contributed by atoms with Crippen LogP contribution in [-0.2, 0) is 9.53 Å². The molecule has 0 aliphatic heterocycles. The van der Waals surface area contributed by atoms with Crippen molar-refractivity contribution in [3.8, 4) is 0 Å². The van der Waals surface area contributed by atoms with Crippen molar-refractivity contribution in [2.24, 2.45) is 0 Å². The van der Waals surface area contributed by atoms with Gasteiger partial charge in [-0.2, -0.15) is 0 Å². The average molecular weight is 147 g/mol. The molecule has 50 valence electrons. The maximum Gasteiger partial charge on any atom is 0.325 e. The third-order valence-corrected chi connectivity index (χ3v) is 1.34. The minimum absolute atomic E-state index is 0.0582. The summed E-state index contributed by atoms with van der Waals surface area (Å²) < 4.78 is 4.73. The van der Waals surface area contributed by atoms with Gasteiger partial charge in [-0.3, -0.25) is 4.79 Å². The number of ether oxygens (including phenoxy) is 1. The molecule has 0 aromatic rings. The van der Waals surface area contributed by atoms with Crippen molar-refractivity contribution in [2.75, 3.05) is 5.88 Å². The Labute approximate surface area is 58.4 Å². The number of hydrogen-bond acceptors (Lipinski definition) is 2. The van der Waals surface area contributed by atoms with Gasteiger partial charge in [-0.1, -0.05) is 0 Å². The van der Waals surface area contributed by atoms with E-state index in [4.69, 9.17) is 16.3 Å². The van der Waals surface area contributed by atoms with Crippen LogP contribution in [0.15, 0.2) is 11.8 Å². The Morgan fingerprint density at radius 1 is 1.89 bits per heavy atom. The molecular formula is C6H7ClO2. The first-order valence-electron chi connectivity index (χ1n) is 2.78. The summed E-state index contributed by atoms with van der Waals surface area (Å²) in [5.41, 5.74) is 0. The fourth-order valence-corrected chi connectivity index (χ4v) is 0.583. The molecule has 0 radical (unpaired) electrons. The summed E-state index contributed by atoms with van der Waals surface area (Å²) in [7, 11) is 0. The Kier molecular flexibility index (Phi) is 2.11. The van der Waals surface area contributed by atoms with Crippen molar-refractivity contribution >= 4 is 17.6 Å². The highest BCUT2D eigenvalue weighted by molar-refractivity contribution is 6.26. The average Bonchev–Trinajstić information content (AvgIpc) is 1.78. The summed E-state index contributed by atoms with van der Waals surface area (Å²) in [5, 5.41) is 0. The van der Waals surface area contributed by atoms with Crippen LogP contribution in [0.2, 0.25) is 0 Å². The van der Waals surface area contributed by atoms with Gasteiger partial charge in [-0.05, 0) is 12.5 Å². The minimum atomic E-state index is -0.359. The molecule has 1 aliphatic rings. The molecule has 1 rings (SSSR count). The maximum atomic E-state index is 10.4. The van der Waals surface area contributed by atoms with Gasteiger partial charge in [0.1, 0.15) is 11.6 Å². The molecule has 0 aromatic heterocycles. The lowest BCUT2D eigenvalue weighted by atomic mass is 10.1. The van der Waals surface area contributed by atoms with Gasteiger partial charge in [0.15, 0.2) is 0 Å². The van der Waals surface area contributed by atoms with E-state index >= 15 is 0 Å². The summed E-state index contributed by atoms with van der Waals surface area (Å²) in [4.78, 5) is 10.4. The second kappa shape index (κ2) is 2.87. The monoisotopic (exact) mass is 146 g/mol. The predicted octanol–water partition coefficient (Wildman–Crippen LogP) is 1.45. The number of allylic oxidation sites excluding steroid dienone is 2. The van der Waals surface area contributed by atoms with Crippen molar-refractivity contribution in [1.82, 2.24) is 0 Å². The largest absolute Gasteiger partial charge is 0.431 e. The molecule has 2 nitrogen and oxygen atoms in total. The van der Waals surface area contributed by atoms with Crippen molar-refractivity contribution < 1.29 is 9.53 Å². The zero-order valence-electron chi connectivity index (χ0n) is 4.89. The number of carbonyl (C=O) groups excluding carboxylic acids is 1. The maximum absolute atomic E-state index is 10.4. The summed E-state index contributed by atoms with van der Waals surface area (Å²) in [6.07, 6.45) is 3.78. The van der Waals surface area contributed by atoms with Gasteiger partial charge in [-0.15, -0.1) is 11.6 Å². The first-order chi connectivity index (χ1) is 4.33. The van der Waals surface area contributed by atoms with E-state index < -0.39 is 0 Å². The van der Waals surface area contributed by atoms with Gasteiger partial charge < -0.3 is 4.74 Å². The number of esters is 1. The van der Waals surface area contributed by atoms with E-state index in [0.29, 0.717) is 0 Å². The fraction of sp³-hybridized carbons (Fsp3) is 0.500.